The molecule has 0 saturated heterocycles. The van der Waals surface area contributed by atoms with E-state index in [1.54, 1.807) is 17.1 Å². The number of carbonyl (C=O) groups is 2. The zero-order chi connectivity index (χ0) is 18.8. The van der Waals surface area contributed by atoms with Gasteiger partial charge in [0.2, 0.25) is 0 Å². The van der Waals surface area contributed by atoms with Gasteiger partial charge >= 0.3 is 12.1 Å². The van der Waals surface area contributed by atoms with E-state index in [-0.39, 0.29) is 5.91 Å². The van der Waals surface area contributed by atoms with Crippen molar-refractivity contribution in [2.75, 3.05) is 33.2 Å². The van der Waals surface area contributed by atoms with Gasteiger partial charge in [-0.3, -0.25) is 4.79 Å². The number of amides is 1. The second-order valence-corrected chi connectivity index (χ2v) is 5.27. The Kier molecular flexibility index (Phi) is 9.98. The molecule has 1 rings (SSSR count). The molecular weight excluding hydrogens is 327 g/mol. The number of alkyl halides is 3. The number of carbonyl (C=O) groups excluding carboxylic acids is 1. The molecule has 1 aliphatic heterocycles. The first-order valence-electron chi connectivity index (χ1n) is 7.46. The smallest absolute Gasteiger partial charge is 0.475 e. The lowest BCUT2D eigenvalue weighted by Gasteiger charge is -2.22. The number of allylic oxidation sites excluding steroid dienone is 1. The van der Waals surface area contributed by atoms with Gasteiger partial charge in [-0.05, 0) is 39.1 Å². The third kappa shape index (κ3) is 9.31. The monoisotopic (exact) mass is 351 g/mol. The second kappa shape index (κ2) is 10.8. The zero-order valence-electron chi connectivity index (χ0n) is 13.7. The molecule has 9 heteroatoms. The molecule has 0 fully saturated rings. The van der Waals surface area contributed by atoms with E-state index in [2.05, 4.69) is 18.5 Å². The number of nitrogens with zero attached hydrogens (tertiary/aromatic N) is 2. The van der Waals surface area contributed by atoms with Crippen LogP contribution >= 0.6 is 0 Å². The van der Waals surface area contributed by atoms with Crippen LogP contribution in [0.15, 0.2) is 24.4 Å². The summed E-state index contributed by atoms with van der Waals surface area (Å²) in [7, 11) is 2.08. The molecule has 0 atom stereocenters. The van der Waals surface area contributed by atoms with Gasteiger partial charge in [0, 0.05) is 24.9 Å². The molecule has 6 nitrogen and oxygen atoms in total. The van der Waals surface area contributed by atoms with Crippen molar-refractivity contribution in [2.45, 2.75) is 25.4 Å². The largest absolute Gasteiger partial charge is 0.490 e. The van der Waals surface area contributed by atoms with Crippen LogP contribution in [0, 0.1) is 0 Å². The Bertz CT molecular complexity index is 447. The number of nitrogens with two attached hydrogens (primary N) is 1. The van der Waals surface area contributed by atoms with Gasteiger partial charge in [0.1, 0.15) is 0 Å². The highest BCUT2D eigenvalue weighted by Gasteiger charge is 2.38. The van der Waals surface area contributed by atoms with Gasteiger partial charge in [0.05, 0.1) is 0 Å². The fourth-order valence-electron chi connectivity index (χ4n) is 1.83. The van der Waals surface area contributed by atoms with Crippen LogP contribution in [0.25, 0.3) is 0 Å². The predicted octanol–water partition coefficient (Wildman–Crippen LogP) is 1.59. The summed E-state index contributed by atoms with van der Waals surface area (Å²) in [5, 5.41) is 7.12. The van der Waals surface area contributed by atoms with E-state index in [4.69, 9.17) is 15.6 Å². The lowest BCUT2D eigenvalue weighted by molar-refractivity contribution is -0.192. The summed E-state index contributed by atoms with van der Waals surface area (Å²) in [5.41, 5.74) is 6.24. The molecule has 0 aliphatic carbocycles. The number of carboxylic acid groups (broad SMARTS) is 1. The highest BCUT2D eigenvalue weighted by Crippen LogP contribution is 2.13. The lowest BCUT2D eigenvalue weighted by atomic mass is 10.2. The molecule has 0 aromatic heterocycles. The molecule has 138 valence electrons. The van der Waals surface area contributed by atoms with Crippen molar-refractivity contribution in [3.63, 3.8) is 0 Å². The fourth-order valence-corrected chi connectivity index (χ4v) is 1.83. The van der Waals surface area contributed by atoms with E-state index in [1.807, 2.05) is 0 Å². The SMILES string of the molecule is C=C1C=CC(=O)N1CCN(C)CCCCCN.O=C(O)C(F)(F)F. The number of aliphatic carboxylic acids is 1. The Morgan fingerprint density at radius 3 is 2.29 bits per heavy atom. The molecule has 1 amide bonds. The number of unbranched alkanes of at least 4 members (excludes halogenated alkanes) is 2. The van der Waals surface area contributed by atoms with Crippen LogP contribution in [0.5, 0.6) is 0 Å². The molecular formula is C15H24F3N3O3. The standard InChI is InChI=1S/C13H23N3O.C2HF3O2/c1-12-6-7-13(17)16(12)11-10-15(2)9-5-3-4-8-14;3-2(4,5)1(6)7/h6-7H,1,3-5,8-11,14H2,2H3;(H,6,7). The molecule has 0 unspecified atom stereocenters. The number of carboxylic acids is 1. The summed E-state index contributed by atoms with van der Waals surface area (Å²) < 4.78 is 31.7. The quantitative estimate of drug-likeness (QED) is 0.649. The van der Waals surface area contributed by atoms with E-state index in [0.717, 1.165) is 38.3 Å². The van der Waals surface area contributed by atoms with Crippen LogP contribution in [0.1, 0.15) is 19.3 Å². The third-order valence-corrected chi connectivity index (χ3v) is 3.22. The van der Waals surface area contributed by atoms with Crippen LogP contribution in [-0.2, 0) is 9.59 Å². The summed E-state index contributed by atoms with van der Waals surface area (Å²) in [6, 6.07) is 0. The lowest BCUT2D eigenvalue weighted by Crippen LogP contribution is -2.33. The molecule has 0 spiro atoms. The highest BCUT2D eigenvalue weighted by molar-refractivity contribution is 5.92. The van der Waals surface area contributed by atoms with Crippen molar-refractivity contribution in [2.24, 2.45) is 5.73 Å². The van der Waals surface area contributed by atoms with Gasteiger partial charge in [0.25, 0.3) is 5.91 Å². The molecule has 0 aromatic rings. The molecule has 0 aromatic carbocycles. The van der Waals surface area contributed by atoms with Crippen molar-refractivity contribution >= 4 is 11.9 Å². The number of hydrogen-bond acceptors (Lipinski definition) is 4. The van der Waals surface area contributed by atoms with Crippen molar-refractivity contribution in [1.82, 2.24) is 9.80 Å². The van der Waals surface area contributed by atoms with Crippen molar-refractivity contribution in [3.8, 4) is 0 Å². The van der Waals surface area contributed by atoms with Crippen LogP contribution in [-0.4, -0.2) is 66.2 Å². The van der Waals surface area contributed by atoms with Gasteiger partial charge in [0.15, 0.2) is 0 Å². The normalized spacial score (nSPS) is 14.2. The third-order valence-electron chi connectivity index (χ3n) is 3.22. The molecule has 1 heterocycles. The summed E-state index contributed by atoms with van der Waals surface area (Å²) in [6.07, 6.45) is 1.70. The van der Waals surface area contributed by atoms with Crippen LogP contribution in [0.2, 0.25) is 0 Å². The average molecular weight is 351 g/mol. The number of halogens is 3. The Labute approximate surface area is 139 Å². The zero-order valence-corrected chi connectivity index (χ0v) is 13.7. The van der Waals surface area contributed by atoms with Crippen LogP contribution in [0.3, 0.4) is 0 Å². The van der Waals surface area contributed by atoms with Gasteiger partial charge in [-0.1, -0.05) is 13.0 Å². The first kappa shape index (κ1) is 22.1. The van der Waals surface area contributed by atoms with Gasteiger partial charge in [-0.25, -0.2) is 4.79 Å². The Hall–Kier alpha value is -1.87. The van der Waals surface area contributed by atoms with E-state index in [1.165, 1.54) is 12.8 Å². The van der Waals surface area contributed by atoms with E-state index < -0.39 is 12.1 Å². The molecule has 0 radical (unpaired) electrons. The molecule has 24 heavy (non-hydrogen) atoms. The maximum atomic E-state index is 11.4. The van der Waals surface area contributed by atoms with Gasteiger partial charge < -0.3 is 20.6 Å². The summed E-state index contributed by atoms with van der Waals surface area (Å²) in [4.78, 5) is 24.3. The van der Waals surface area contributed by atoms with Crippen LogP contribution < -0.4 is 5.73 Å². The minimum Gasteiger partial charge on any atom is -0.475 e. The molecule has 0 saturated carbocycles. The Morgan fingerprint density at radius 1 is 1.29 bits per heavy atom. The Morgan fingerprint density at radius 2 is 1.88 bits per heavy atom. The first-order chi connectivity index (χ1) is 11.1. The molecule has 1 aliphatic rings. The van der Waals surface area contributed by atoms with Gasteiger partial charge in [-0.15, -0.1) is 0 Å². The molecule has 3 N–H and O–H groups in total. The maximum absolute atomic E-state index is 11.4. The topological polar surface area (TPSA) is 86.9 Å². The minimum absolute atomic E-state index is 0.0477. The van der Waals surface area contributed by atoms with Crippen LogP contribution in [0.4, 0.5) is 13.2 Å². The fraction of sp³-hybridized carbons (Fsp3) is 0.600. The predicted molar refractivity (Wildman–Crippen MR) is 84.1 cm³/mol. The van der Waals surface area contributed by atoms with Gasteiger partial charge in [-0.2, -0.15) is 13.2 Å². The maximum Gasteiger partial charge on any atom is 0.490 e. The second-order valence-electron chi connectivity index (χ2n) is 5.27. The summed E-state index contributed by atoms with van der Waals surface area (Å²) in [6.45, 7) is 7.27. The van der Waals surface area contributed by atoms with E-state index in [9.17, 15) is 18.0 Å². The van der Waals surface area contributed by atoms with E-state index in [0.29, 0.717) is 0 Å². The Balaban J connectivity index is 0.000000640. The molecule has 0 bridgehead atoms. The summed E-state index contributed by atoms with van der Waals surface area (Å²) >= 11 is 0. The summed E-state index contributed by atoms with van der Waals surface area (Å²) in [5.74, 6) is -2.71. The minimum atomic E-state index is -5.08. The van der Waals surface area contributed by atoms with E-state index >= 15 is 0 Å². The number of likely N-dealkylation sites (N-methyl/N-ethyl adjacent to an activating group) is 1. The number of hydrogen-bond donors (Lipinski definition) is 2. The van der Waals surface area contributed by atoms with Crippen molar-refractivity contribution in [3.05, 3.63) is 24.4 Å². The van der Waals surface area contributed by atoms with Crippen molar-refractivity contribution in [1.29, 1.82) is 0 Å². The number of rotatable bonds is 8. The first-order valence-corrected chi connectivity index (χ1v) is 7.46. The van der Waals surface area contributed by atoms with Crippen molar-refractivity contribution < 1.29 is 27.9 Å². The highest BCUT2D eigenvalue weighted by atomic mass is 19.4. The average Bonchev–Trinajstić information content (AvgIpc) is 2.80.